The molecule has 0 amide bonds. The molecular weight excluding hydrogens is 430 g/mol. The molecule has 2 N–H and O–H groups in total. The van der Waals surface area contributed by atoms with Gasteiger partial charge in [-0.15, -0.1) is 0 Å². The van der Waals surface area contributed by atoms with Gasteiger partial charge in [-0.25, -0.2) is 0 Å². The van der Waals surface area contributed by atoms with Crippen LogP contribution in [0.1, 0.15) is 11.1 Å². The number of thiocarbonyl (C=S) groups is 1. The molecule has 0 fully saturated rings. The van der Waals surface area contributed by atoms with Gasteiger partial charge in [-0.2, -0.15) is 0 Å². The number of hydrogen-bond donors (Lipinski definition) is 2. The Kier molecular flexibility index (Phi) is 6.77. The first-order valence-corrected chi connectivity index (χ1v) is 10.6. The van der Waals surface area contributed by atoms with Crippen molar-refractivity contribution >= 4 is 28.2 Å². The molecule has 3 aromatic rings. The summed E-state index contributed by atoms with van der Waals surface area (Å²) in [6, 6.07) is 13.2. The first-order valence-electron chi connectivity index (χ1n) is 10.2. The van der Waals surface area contributed by atoms with Crippen LogP contribution in [0, 0.1) is 0 Å². The molecule has 2 aromatic carbocycles. The predicted molar refractivity (Wildman–Crippen MR) is 125 cm³/mol. The summed E-state index contributed by atoms with van der Waals surface area (Å²) < 4.78 is 21.3. The third-order valence-electron chi connectivity index (χ3n) is 5.17. The topological polar surface area (TPSA) is 85.1 Å². The van der Waals surface area contributed by atoms with Crippen molar-refractivity contribution in [2.24, 2.45) is 0 Å². The number of aromatic amines is 1. The largest absolute Gasteiger partial charge is 0.497 e. The highest BCUT2D eigenvalue weighted by molar-refractivity contribution is 7.80. The molecular formula is C23H25N3O5S. The van der Waals surface area contributed by atoms with Gasteiger partial charge >= 0.3 is 0 Å². The van der Waals surface area contributed by atoms with Crippen molar-refractivity contribution in [1.82, 2.24) is 15.2 Å². The summed E-state index contributed by atoms with van der Waals surface area (Å²) in [4.78, 5) is 17.7. The highest BCUT2D eigenvalue weighted by atomic mass is 32.1. The van der Waals surface area contributed by atoms with Gasteiger partial charge in [0.05, 0.1) is 20.3 Å². The molecule has 1 aromatic heterocycles. The zero-order chi connectivity index (χ0) is 22.5. The molecule has 0 spiro atoms. The molecule has 4 rings (SSSR count). The highest BCUT2D eigenvalue weighted by Gasteiger charge is 2.17. The molecule has 8 nitrogen and oxygen atoms in total. The molecule has 0 atom stereocenters. The van der Waals surface area contributed by atoms with E-state index in [2.05, 4.69) is 10.3 Å². The standard InChI is InChI=1S/C23H25N3O5S/c1-28-8-7-24-23(32)26(12-15-3-6-20-21(9-15)31-14-30-20)13-17-10-16-11-18(29-2)4-5-19(16)25-22(17)27/h3-6,9-11H,7-8,12-14H2,1-2H3,(H,24,32)(H,25,27). The molecule has 1 aliphatic heterocycles. The summed E-state index contributed by atoms with van der Waals surface area (Å²) in [5, 5.41) is 4.62. The van der Waals surface area contributed by atoms with Gasteiger partial charge in [0.1, 0.15) is 5.75 Å². The van der Waals surface area contributed by atoms with Gasteiger partial charge in [0.15, 0.2) is 16.6 Å². The molecule has 168 valence electrons. The van der Waals surface area contributed by atoms with E-state index in [9.17, 15) is 4.79 Å². The lowest BCUT2D eigenvalue weighted by molar-refractivity contribution is 0.174. The maximum Gasteiger partial charge on any atom is 0.253 e. The van der Waals surface area contributed by atoms with Crippen molar-refractivity contribution < 1.29 is 18.9 Å². The number of methoxy groups -OCH3 is 2. The van der Waals surface area contributed by atoms with Crippen LogP contribution in [0.2, 0.25) is 0 Å². The van der Waals surface area contributed by atoms with Crippen molar-refractivity contribution in [2.75, 3.05) is 34.2 Å². The average Bonchev–Trinajstić information content (AvgIpc) is 3.26. The van der Waals surface area contributed by atoms with E-state index in [1.165, 1.54) is 0 Å². The van der Waals surface area contributed by atoms with Crippen molar-refractivity contribution in [3.8, 4) is 17.2 Å². The normalized spacial score (nSPS) is 12.1. The number of aromatic nitrogens is 1. The fourth-order valence-corrected chi connectivity index (χ4v) is 3.74. The van der Waals surface area contributed by atoms with Crippen LogP contribution in [0.3, 0.4) is 0 Å². The van der Waals surface area contributed by atoms with Crippen LogP contribution in [0.15, 0.2) is 47.3 Å². The average molecular weight is 456 g/mol. The van der Waals surface area contributed by atoms with Crippen LogP contribution in [-0.2, 0) is 17.8 Å². The SMILES string of the molecule is COCCNC(=S)N(Cc1ccc2c(c1)OCO2)Cc1cc2cc(OC)ccc2[nH]c1=O. The summed E-state index contributed by atoms with van der Waals surface area (Å²) in [7, 11) is 3.25. The molecule has 0 aliphatic carbocycles. The molecule has 2 heterocycles. The Morgan fingerprint density at radius 1 is 1.12 bits per heavy atom. The van der Waals surface area contributed by atoms with E-state index in [-0.39, 0.29) is 12.4 Å². The Hall–Kier alpha value is -3.30. The van der Waals surface area contributed by atoms with Gasteiger partial charge in [0.25, 0.3) is 5.56 Å². The predicted octanol–water partition coefficient (Wildman–Crippen LogP) is 2.79. The second-order valence-corrected chi connectivity index (χ2v) is 7.73. The number of hydrogen-bond acceptors (Lipinski definition) is 6. The van der Waals surface area contributed by atoms with Crippen LogP contribution >= 0.6 is 12.2 Å². The molecule has 1 aliphatic rings. The monoisotopic (exact) mass is 455 g/mol. The lowest BCUT2D eigenvalue weighted by Gasteiger charge is -2.26. The van der Waals surface area contributed by atoms with E-state index >= 15 is 0 Å². The van der Waals surface area contributed by atoms with Crippen LogP contribution < -0.4 is 25.1 Å². The van der Waals surface area contributed by atoms with E-state index in [1.54, 1.807) is 14.2 Å². The minimum atomic E-state index is -0.155. The number of pyridine rings is 1. The molecule has 0 radical (unpaired) electrons. The van der Waals surface area contributed by atoms with Gasteiger partial charge in [-0.1, -0.05) is 6.07 Å². The number of H-pyrrole nitrogens is 1. The fraction of sp³-hybridized carbons (Fsp3) is 0.304. The van der Waals surface area contributed by atoms with Crippen LogP contribution in [0.5, 0.6) is 17.2 Å². The molecule has 9 heteroatoms. The zero-order valence-electron chi connectivity index (χ0n) is 18.0. The van der Waals surface area contributed by atoms with Gasteiger partial charge < -0.3 is 34.1 Å². The van der Waals surface area contributed by atoms with E-state index in [0.717, 1.165) is 28.0 Å². The Labute approximate surface area is 191 Å². The number of nitrogens with zero attached hydrogens (tertiary/aromatic N) is 1. The summed E-state index contributed by atoms with van der Waals surface area (Å²) in [5.74, 6) is 2.15. The quantitative estimate of drug-likeness (QED) is 0.396. The first kappa shape index (κ1) is 21.9. The lowest BCUT2D eigenvalue weighted by atomic mass is 10.1. The molecule has 0 unspecified atom stereocenters. The maximum atomic E-state index is 12.8. The Balaban J connectivity index is 1.61. The Morgan fingerprint density at radius 2 is 1.97 bits per heavy atom. The van der Waals surface area contributed by atoms with Gasteiger partial charge in [0, 0.05) is 36.7 Å². The number of rotatable bonds is 8. The summed E-state index contributed by atoms with van der Waals surface area (Å²) in [6.45, 7) is 2.13. The van der Waals surface area contributed by atoms with E-state index in [4.69, 9.17) is 31.2 Å². The van der Waals surface area contributed by atoms with Crippen molar-refractivity contribution in [3.63, 3.8) is 0 Å². The van der Waals surface area contributed by atoms with Gasteiger partial charge in [0.2, 0.25) is 6.79 Å². The fourth-order valence-electron chi connectivity index (χ4n) is 3.51. The van der Waals surface area contributed by atoms with Crippen LogP contribution in [0.25, 0.3) is 10.9 Å². The maximum absolute atomic E-state index is 12.8. The third kappa shape index (κ3) is 4.95. The minimum absolute atomic E-state index is 0.155. The first-order chi connectivity index (χ1) is 15.6. The van der Waals surface area contributed by atoms with Crippen LogP contribution in [0.4, 0.5) is 0 Å². The second-order valence-electron chi connectivity index (χ2n) is 7.35. The second kappa shape index (κ2) is 9.88. The lowest BCUT2D eigenvalue weighted by Crippen LogP contribution is -2.41. The van der Waals surface area contributed by atoms with Gasteiger partial charge in [-0.3, -0.25) is 4.79 Å². The third-order valence-corrected chi connectivity index (χ3v) is 5.57. The minimum Gasteiger partial charge on any atom is -0.497 e. The summed E-state index contributed by atoms with van der Waals surface area (Å²) in [5.41, 5.74) is 2.19. The van der Waals surface area contributed by atoms with Crippen molar-refractivity contribution in [2.45, 2.75) is 13.1 Å². The van der Waals surface area contributed by atoms with Crippen molar-refractivity contribution in [1.29, 1.82) is 0 Å². The number of nitrogens with one attached hydrogen (secondary N) is 2. The Morgan fingerprint density at radius 3 is 2.78 bits per heavy atom. The van der Waals surface area contributed by atoms with E-state index in [1.807, 2.05) is 47.4 Å². The van der Waals surface area contributed by atoms with E-state index < -0.39 is 0 Å². The van der Waals surface area contributed by atoms with E-state index in [0.29, 0.717) is 42.7 Å². The zero-order valence-corrected chi connectivity index (χ0v) is 18.8. The summed E-state index contributed by atoms with van der Waals surface area (Å²) >= 11 is 5.64. The summed E-state index contributed by atoms with van der Waals surface area (Å²) in [6.07, 6.45) is 0. The Bertz CT molecular complexity index is 1180. The van der Waals surface area contributed by atoms with Crippen molar-refractivity contribution in [3.05, 3.63) is 63.9 Å². The number of fused-ring (bicyclic) bond motifs is 2. The number of ether oxygens (including phenoxy) is 4. The highest BCUT2D eigenvalue weighted by Crippen LogP contribution is 2.33. The number of benzene rings is 2. The molecule has 32 heavy (non-hydrogen) atoms. The molecule has 0 saturated carbocycles. The van der Waals surface area contributed by atoms with Gasteiger partial charge in [-0.05, 0) is 54.2 Å². The van der Waals surface area contributed by atoms with Crippen LogP contribution in [-0.4, -0.2) is 49.2 Å². The molecule has 0 bridgehead atoms. The molecule has 0 saturated heterocycles. The smallest absolute Gasteiger partial charge is 0.253 e.